The Morgan fingerprint density at radius 1 is 1.20 bits per heavy atom. The van der Waals surface area contributed by atoms with Crippen LogP contribution in [0.5, 0.6) is 0 Å². The van der Waals surface area contributed by atoms with Gasteiger partial charge in [0.1, 0.15) is 0 Å². The highest BCUT2D eigenvalue weighted by Gasteiger charge is 2.09. The van der Waals surface area contributed by atoms with Crippen LogP contribution in [0.15, 0.2) is 0 Å². The number of nitrogens with one attached hydrogen (secondary N) is 2. The van der Waals surface area contributed by atoms with Crippen molar-refractivity contribution < 1.29 is 9.59 Å². The van der Waals surface area contributed by atoms with E-state index in [1.807, 2.05) is 20.8 Å². The summed E-state index contributed by atoms with van der Waals surface area (Å²) in [5, 5.41) is 5.23. The lowest BCUT2D eigenvalue weighted by Crippen LogP contribution is -2.40. The highest BCUT2D eigenvalue weighted by atomic mass is 16.2. The molecule has 4 N–H and O–H groups in total. The molecule has 0 aromatic carbocycles. The Labute approximate surface area is 90.8 Å². The van der Waals surface area contributed by atoms with E-state index in [4.69, 9.17) is 5.73 Å². The fourth-order valence-corrected chi connectivity index (χ4v) is 1.02. The van der Waals surface area contributed by atoms with Crippen molar-refractivity contribution in [2.75, 3.05) is 13.1 Å². The van der Waals surface area contributed by atoms with E-state index in [0.717, 1.165) is 0 Å². The van der Waals surface area contributed by atoms with Crippen LogP contribution >= 0.6 is 0 Å². The Kier molecular flexibility index (Phi) is 6.70. The summed E-state index contributed by atoms with van der Waals surface area (Å²) >= 11 is 0. The molecule has 0 spiro atoms. The van der Waals surface area contributed by atoms with Crippen molar-refractivity contribution in [3.63, 3.8) is 0 Å². The Morgan fingerprint density at radius 3 is 2.27 bits per heavy atom. The molecule has 0 aliphatic heterocycles. The molecule has 0 aromatic heterocycles. The molecule has 0 heterocycles. The molecule has 0 aromatic rings. The van der Waals surface area contributed by atoms with Gasteiger partial charge in [-0.2, -0.15) is 0 Å². The first-order valence-corrected chi connectivity index (χ1v) is 5.21. The summed E-state index contributed by atoms with van der Waals surface area (Å²) < 4.78 is 0. The predicted molar refractivity (Wildman–Crippen MR) is 59.1 cm³/mol. The van der Waals surface area contributed by atoms with Crippen molar-refractivity contribution in [2.24, 2.45) is 11.7 Å². The lowest BCUT2D eigenvalue weighted by Gasteiger charge is -2.10. The van der Waals surface area contributed by atoms with Gasteiger partial charge in [0.2, 0.25) is 11.8 Å². The first kappa shape index (κ1) is 13.9. The summed E-state index contributed by atoms with van der Waals surface area (Å²) in [6.07, 6.45) is 0.367. The predicted octanol–water partition coefficient (Wildman–Crippen LogP) is -0.388. The molecule has 0 bridgehead atoms. The topological polar surface area (TPSA) is 84.2 Å². The van der Waals surface area contributed by atoms with Gasteiger partial charge in [0.25, 0.3) is 0 Å². The fourth-order valence-electron chi connectivity index (χ4n) is 1.02. The maximum Gasteiger partial charge on any atom is 0.239 e. The van der Waals surface area contributed by atoms with Gasteiger partial charge in [-0.05, 0) is 26.3 Å². The van der Waals surface area contributed by atoms with Crippen LogP contribution in [0, 0.1) is 5.92 Å². The molecular weight excluding hydrogens is 194 g/mol. The zero-order valence-corrected chi connectivity index (χ0v) is 9.67. The molecule has 0 rings (SSSR count). The van der Waals surface area contributed by atoms with Gasteiger partial charge in [-0.15, -0.1) is 0 Å². The van der Waals surface area contributed by atoms with Gasteiger partial charge in [-0.25, -0.2) is 0 Å². The van der Waals surface area contributed by atoms with E-state index < -0.39 is 0 Å². The number of hydrogen-bond donors (Lipinski definition) is 3. The van der Waals surface area contributed by atoms with Crippen molar-refractivity contribution in [1.29, 1.82) is 0 Å². The monoisotopic (exact) mass is 215 g/mol. The summed E-state index contributed by atoms with van der Waals surface area (Å²) in [6.45, 7) is 6.15. The number of carbonyl (C=O) groups excluding carboxylic acids is 2. The number of amides is 2. The normalized spacial score (nSPS) is 12.3. The third-order valence-electron chi connectivity index (χ3n) is 1.83. The molecule has 5 heteroatoms. The summed E-state index contributed by atoms with van der Waals surface area (Å²) in [5.74, 6) is -0.149. The molecule has 5 nitrogen and oxygen atoms in total. The van der Waals surface area contributed by atoms with Crippen LogP contribution in [0.2, 0.25) is 0 Å². The first-order valence-electron chi connectivity index (χ1n) is 5.21. The van der Waals surface area contributed by atoms with Gasteiger partial charge in [0.15, 0.2) is 0 Å². The fraction of sp³-hybridized carbons (Fsp3) is 0.800. The van der Waals surface area contributed by atoms with Crippen LogP contribution in [0.3, 0.4) is 0 Å². The molecule has 0 aliphatic carbocycles. The SMILES string of the molecule is CC(CN)CC(=O)NCC(=O)NC(C)C. The molecule has 0 saturated carbocycles. The van der Waals surface area contributed by atoms with Gasteiger partial charge in [0.05, 0.1) is 6.54 Å². The Bertz CT molecular complexity index is 217. The van der Waals surface area contributed by atoms with Crippen LogP contribution in [-0.2, 0) is 9.59 Å². The van der Waals surface area contributed by atoms with Gasteiger partial charge < -0.3 is 16.4 Å². The summed E-state index contributed by atoms with van der Waals surface area (Å²) in [4.78, 5) is 22.4. The minimum atomic E-state index is -0.168. The Balaban J connectivity index is 3.66. The van der Waals surface area contributed by atoms with E-state index >= 15 is 0 Å². The third kappa shape index (κ3) is 7.93. The van der Waals surface area contributed by atoms with E-state index in [2.05, 4.69) is 10.6 Å². The summed E-state index contributed by atoms with van der Waals surface area (Å²) in [6, 6.07) is 0.0948. The quantitative estimate of drug-likeness (QED) is 0.564. The standard InChI is InChI=1S/C10H21N3O2/c1-7(2)13-10(15)6-12-9(14)4-8(3)5-11/h7-8H,4-6,11H2,1-3H3,(H,12,14)(H,13,15). The van der Waals surface area contributed by atoms with Crippen LogP contribution in [0.1, 0.15) is 27.2 Å². The average Bonchev–Trinajstić information content (AvgIpc) is 2.13. The van der Waals surface area contributed by atoms with Crippen molar-refractivity contribution in [1.82, 2.24) is 10.6 Å². The van der Waals surface area contributed by atoms with E-state index in [9.17, 15) is 9.59 Å². The second-order valence-corrected chi connectivity index (χ2v) is 4.04. The lowest BCUT2D eigenvalue weighted by molar-refractivity contribution is -0.126. The zero-order valence-electron chi connectivity index (χ0n) is 9.67. The zero-order chi connectivity index (χ0) is 11.8. The molecule has 0 saturated heterocycles. The molecule has 1 atom stereocenters. The van der Waals surface area contributed by atoms with Crippen LogP contribution in [-0.4, -0.2) is 30.9 Å². The van der Waals surface area contributed by atoms with E-state index in [1.165, 1.54) is 0 Å². The summed E-state index contributed by atoms with van der Waals surface area (Å²) in [7, 11) is 0. The van der Waals surface area contributed by atoms with Gasteiger partial charge in [0, 0.05) is 12.5 Å². The van der Waals surface area contributed by atoms with E-state index in [0.29, 0.717) is 13.0 Å². The average molecular weight is 215 g/mol. The molecule has 1 unspecified atom stereocenters. The third-order valence-corrected chi connectivity index (χ3v) is 1.83. The molecule has 2 amide bonds. The maximum absolute atomic E-state index is 11.3. The molecule has 0 radical (unpaired) electrons. The number of rotatable bonds is 6. The maximum atomic E-state index is 11.3. The number of hydrogen-bond acceptors (Lipinski definition) is 3. The second-order valence-electron chi connectivity index (χ2n) is 4.04. The van der Waals surface area contributed by atoms with Crippen molar-refractivity contribution in [3.05, 3.63) is 0 Å². The highest BCUT2D eigenvalue weighted by Crippen LogP contribution is 1.97. The Hall–Kier alpha value is -1.10. The highest BCUT2D eigenvalue weighted by molar-refractivity contribution is 5.84. The summed E-state index contributed by atoms with van der Waals surface area (Å²) in [5.41, 5.74) is 5.38. The van der Waals surface area contributed by atoms with Gasteiger partial charge in [-0.1, -0.05) is 6.92 Å². The van der Waals surface area contributed by atoms with E-state index in [-0.39, 0.29) is 30.3 Å². The molecule has 15 heavy (non-hydrogen) atoms. The van der Waals surface area contributed by atoms with Crippen LogP contribution in [0.4, 0.5) is 0 Å². The van der Waals surface area contributed by atoms with Gasteiger partial charge >= 0.3 is 0 Å². The second kappa shape index (κ2) is 7.23. The minimum absolute atomic E-state index is 0.0360. The molecule has 0 fully saturated rings. The van der Waals surface area contributed by atoms with Gasteiger partial charge in [-0.3, -0.25) is 9.59 Å². The van der Waals surface area contributed by atoms with Crippen LogP contribution < -0.4 is 16.4 Å². The van der Waals surface area contributed by atoms with Crippen molar-refractivity contribution >= 4 is 11.8 Å². The van der Waals surface area contributed by atoms with Crippen molar-refractivity contribution in [2.45, 2.75) is 33.2 Å². The number of nitrogens with two attached hydrogens (primary N) is 1. The molecular formula is C10H21N3O2. The Morgan fingerprint density at radius 2 is 1.80 bits per heavy atom. The first-order chi connectivity index (χ1) is 6.95. The molecule has 88 valence electrons. The van der Waals surface area contributed by atoms with E-state index in [1.54, 1.807) is 0 Å². The van der Waals surface area contributed by atoms with Crippen molar-refractivity contribution in [3.8, 4) is 0 Å². The number of carbonyl (C=O) groups is 2. The lowest BCUT2D eigenvalue weighted by atomic mass is 10.1. The molecule has 0 aliphatic rings. The largest absolute Gasteiger partial charge is 0.352 e. The minimum Gasteiger partial charge on any atom is -0.352 e. The smallest absolute Gasteiger partial charge is 0.239 e. The van der Waals surface area contributed by atoms with Crippen LogP contribution in [0.25, 0.3) is 0 Å².